The molecule has 0 aliphatic carbocycles. The minimum atomic E-state index is -0.637. The van der Waals surface area contributed by atoms with Crippen LogP contribution >= 0.6 is 0 Å². The molecule has 1 aromatic carbocycles. The first-order valence-electron chi connectivity index (χ1n) is 3.78. The molecule has 0 spiro atoms. The number of hydrogen-bond donors (Lipinski definition) is 2. The molecule has 4 N–H and O–H groups in total. The zero-order chi connectivity index (χ0) is 9.84. The fourth-order valence-electron chi connectivity index (χ4n) is 0.918. The van der Waals surface area contributed by atoms with E-state index in [1.54, 1.807) is 18.2 Å². The van der Waals surface area contributed by atoms with Crippen molar-refractivity contribution in [3.8, 4) is 11.8 Å². The van der Waals surface area contributed by atoms with Crippen molar-refractivity contribution in [2.75, 3.05) is 5.73 Å². The number of hydrogen-bond acceptors (Lipinski definition) is 2. The Morgan fingerprint density at radius 3 is 2.77 bits per heavy atom. The number of carbonyl (C=O) groups is 1. The van der Waals surface area contributed by atoms with Crippen LogP contribution in [-0.2, 0) is 4.79 Å². The summed E-state index contributed by atoms with van der Waals surface area (Å²) >= 11 is 0. The van der Waals surface area contributed by atoms with E-state index in [4.69, 9.17) is 11.5 Å². The first kappa shape index (κ1) is 9.14. The van der Waals surface area contributed by atoms with E-state index in [0.717, 1.165) is 11.1 Å². The van der Waals surface area contributed by atoms with Gasteiger partial charge < -0.3 is 11.5 Å². The second kappa shape index (κ2) is 3.63. The van der Waals surface area contributed by atoms with Gasteiger partial charge in [-0.15, -0.1) is 0 Å². The SMILES string of the molecule is Cc1c(N)cccc1C#CC(N)=O. The summed E-state index contributed by atoms with van der Waals surface area (Å²) in [5, 5.41) is 0. The minimum absolute atomic E-state index is 0.637. The van der Waals surface area contributed by atoms with Gasteiger partial charge in [0.25, 0.3) is 5.91 Å². The Hall–Kier alpha value is -1.95. The first-order chi connectivity index (χ1) is 6.11. The summed E-state index contributed by atoms with van der Waals surface area (Å²) in [5.74, 6) is 4.27. The standard InChI is InChI=1S/C10H10N2O/c1-7-8(5-6-10(12)13)3-2-4-9(7)11/h2-4H,11H2,1H3,(H2,12,13). The number of benzene rings is 1. The average molecular weight is 174 g/mol. The fourth-order valence-corrected chi connectivity index (χ4v) is 0.918. The van der Waals surface area contributed by atoms with Crippen LogP contribution in [0.4, 0.5) is 5.69 Å². The lowest BCUT2D eigenvalue weighted by molar-refractivity contribution is -0.112. The zero-order valence-corrected chi connectivity index (χ0v) is 7.29. The van der Waals surface area contributed by atoms with Gasteiger partial charge in [0.2, 0.25) is 0 Å². The lowest BCUT2D eigenvalue weighted by Gasteiger charge is -2.00. The molecule has 0 bridgehead atoms. The molecule has 0 atom stereocenters. The van der Waals surface area contributed by atoms with Crippen LogP contribution < -0.4 is 11.5 Å². The summed E-state index contributed by atoms with van der Waals surface area (Å²) in [6.07, 6.45) is 0. The van der Waals surface area contributed by atoms with Gasteiger partial charge in [-0.05, 0) is 30.5 Å². The normalized spacial score (nSPS) is 8.69. The lowest BCUT2D eigenvalue weighted by Crippen LogP contribution is -2.06. The number of nitrogens with two attached hydrogens (primary N) is 2. The van der Waals surface area contributed by atoms with Crippen molar-refractivity contribution in [3.63, 3.8) is 0 Å². The van der Waals surface area contributed by atoms with Crippen molar-refractivity contribution in [2.24, 2.45) is 5.73 Å². The van der Waals surface area contributed by atoms with Gasteiger partial charge in [-0.1, -0.05) is 12.0 Å². The molecule has 0 heterocycles. The molecule has 0 aliphatic rings. The Labute approximate surface area is 76.7 Å². The van der Waals surface area contributed by atoms with Crippen LogP contribution in [0.1, 0.15) is 11.1 Å². The topological polar surface area (TPSA) is 69.1 Å². The van der Waals surface area contributed by atoms with E-state index in [-0.39, 0.29) is 0 Å². The first-order valence-corrected chi connectivity index (χ1v) is 3.78. The highest BCUT2D eigenvalue weighted by molar-refractivity contribution is 5.92. The number of carbonyl (C=O) groups excluding carboxylic acids is 1. The Morgan fingerprint density at radius 2 is 2.15 bits per heavy atom. The molecule has 3 heteroatoms. The summed E-state index contributed by atoms with van der Waals surface area (Å²) in [7, 11) is 0. The summed E-state index contributed by atoms with van der Waals surface area (Å²) in [6.45, 7) is 1.85. The number of rotatable bonds is 0. The van der Waals surface area contributed by atoms with Gasteiger partial charge in [0.15, 0.2) is 0 Å². The summed E-state index contributed by atoms with van der Waals surface area (Å²) < 4.78 is 0. The summed E-state index contributed by atoms with van der Waals surface area (Å²) in [4.78, 5) is 10.4. The number of anilines is 1. The number of primary amides is 1. The summed E-state index contributed by atoms with van der Waals surface area (Å²) in [6, 6.07) is 5.36. The highest BCUT2D eigenvalue weighted by Gasteiger charge is 1.96. The Kier molecular flexibility index (Phi) is 2.56. The molecule has 1 rings (SSSR count). The molecule has 0 saturated carbocycles. The molecular weight excluding hydrogens is 164 g/mol. The van der Waals surface area contributed by atoms with Crippen molar-refractivity contribution in [1.29, 1.82) is 0 Å². The van der Waals surface area contributed by atoms with Crippen LogP contribution in [-0.4, -0.2) is 5.91 Å². The average Bonchev–Trinajstić information content (AvgIpc) is 2.07. The molecule has 66 valence electrons. The predicted molar refractivity (Wildman–Crippen MR) is 51.7 cm³/mol. The van der Waals surface area contributed by atoms with E-state index >= 15 is 0 Å². The Bertz CT molecular complexity index is 399. The molecule has 0 aromatic heterocycles. The van der Waals surface area contributed by atoms with Crippen LogP contribution in [0.3, 0.4) is 0 Å². The van der Waals surface area contributed by atoms with Crippen molar-refractivity contribution < 1.29 is 4.79 Å². The second-order valence-corrected chi connectivity index (χ2v) is 2.63. The highest BCUT2D eigenvalue weighted by atomic mass is 16.1. The lowest BCUT2D eigenvalue weighted by atomic mass is 10.1. The molecular formula is C10H10N2O. The van der Waals surface area contributed by atoms with E-state index < -0.39 is 5.91 Å². The molecule has 0 saturated heterocycles. The molecule has 13 heavy (non-hydrogen) atoms. The molecule has 1 aromatic rings. The molecule has 1 amide bonds. The monoisotopic (exact) mass is 174 g/mol. The van der Waals surface area contributed by atoms with Crippen LogP contribution in [0.2, 0.25) is 0 Å². The van der Waals surface area contributed by atoms with E-state index in [1.807, 2.05) is 6.92 Å². The smallest absolute Gasteiger partial charge is 0.293 e. The van der Waals surface area contributed by atoms with Crippen molar-refractivity contribution in [2.45, 2.75) is 6.92 Å². The van der Waals surface area contributed by atoms with Crippen LogP contribution in [0.5, 0.6) is 0 Å². The fraction of sp³-hybridized carbons (Fsp3) is 0.100. The van der Waals surface area contributed by atoms with E-state index in [9.17, 15) is 4.79 Å². The van der Waals surface area contributed by atoms with Crippen LogP contribution in [0.15, 0.2) is 18.2 Å². The third-order valence-corrected chi connectivity index (χ3v) is 1.70. The molecule has 0 unspecified atom stereocenters. The van der Waals surface area contributed by atoms with Gasteiger partial charge in [-0.2, -0.15) is 0 Å². The van der Waals surface area contributed by atoms with E-state index in [0.29, 0.717) is 5.69 Å². The third kappa shape index (κ3) is 2.24. The van der Waals surface area contributed by atoms with Crippen LogP contribution in [0.25, 0.3) is 0 Å². The largest absolute Gasteiger partial charge is 0.398 e. The van der Waals surface area contributed by atoms with Crippen molar-refractivity contribution in [1.82, 2.24) is 0 Å². The minimum Gasteiger partial charge on any atom is -0.398 e. The molecule has 3 nitrogen and oxygen atoms in total. The van der Waals surface area contributed by atoms with Gasteiger partial charge in [-0.3, -0.25) is 4.79 Å². The van der Waals surface area contributed by atoms with Gasteiger partial charge >= 0.3 is 0 Å². The van der Waals surface area contributed by atoms with Gasteiger partial charge in [0, 0.05) is 11.3 Å². The van der Waals surface area contributed by atoms with Crippen molar-refractivity contribution >= 4 is 11.6 Å². The molecule has 0 fully saturated rings. The van der Waals surface area contributed by atoms with E-state index in [2.05, 4.69) is 11.8 Å². The quantitative estimate of drug-likeness (QED) is 0.442. The van der Waals surface area contributed by atoms with Crippen molar-refractivity contribution in [3.05, 3.63) is 29.3 Å². The summed E-state index contributed by atoms with van der Waals surface area (Å²) in [5.41, 5.74) is 12.8. The van der Waals surface area contributed by atoms with E-state index in [1.165, 1.54) is 0 Å². The highest BCUT2D eigenvalue weighted by Crippen LogP contribution is 2.13. The molecule has 0 aliphatic heterocycles. The Morgan fingerprint density at radius 1 is 1.46 bits per heavy atom. The van der Waals surface area contributed by atoms with Crippen LogP contribution in [0, 0.1) is 18.8 Å². The van der Waals surface area contributed by atoms with Gasteiger partial charge in [-0.25, -0.2) is 0 Å². The Balaban J connectivity index is 3.11. The molecule has 0 radical (unpaired) electrons. The zero-order valence-electron chi connectivity index (χ0n) is 7.29. The second-order valence-electron chi connectivity index (χ2n) is 2.63. The number of nitrogen functional groups attached to an aromatic ring is 1. The maximum absolute atomic E-state index is 10.4. The number of amides is 1. The predicted octanol–water partition coefficient (Wildman–Crippen LogP) is 0.414. The third-order valence-electron chi connectivity index (χ3n) is 1.70. The maximum atomic E-state index is 10.4. The van der Waals surface area contributed by atoms with Gasteiger partial charge in [0.1, 0.15) is 0 Å². The van der Waals surface area contributed by atoms with Gasteiger partial charge in [0.05, 0.1) is 0 Å². The maximum Gasteiger partial charge on any atom is 0.293 e.